The summed E-state index contributed by atoms with van der Waals surface area (Å²) < 4.78 is 5.54. The summed E-state index contributed by atoms with van der Waals surface area (Å²) in [6.45, 7) is 8.11. The highest BCUT2D eigenvalue weighted by Crippen LogP contribution is 2.35. The number of anilines is 1. The molecule has 2 N–H and O–H groups in total. The zero-order chi connectivity index (χ0) is 25.0. The number of nitrogens with zero attached hydrogens (tertiary/aromatic N) is 6. The first-order chi connectivity index (χ1) is 17.4. The van der Waals surface area contributed by atoms with Gasteiger partial charge >= 0.3 is 0 Å². The molecule has 4 aromatic heterocycles. The number of hydrogen-bond acceptors (Lipinski definition) is 6. The molecule has 1 aliphatic heterocycles. The van der Waals surface area contributed by atoms with Crippen LogP contribution >= 0.6 is 0 Å². The third-order valence-corrected chi connectivity index (χ3v) is 6.99. The molecule has 0 aliphatic carbocycles. The molecule has 9 nitrogen and oxygen atoms in total. The van der Waals surface area contributed by atoms with Crippen molar-refractivity contribution in [1.82, 2.24) is 29.1 Å². The van der Waals surface area contributed by atoms with E-state index in [9.17, 15) is 9.90 Å². The molecule has 1 aliphatic rings. The number of aryl methyl sites for hydroxylation is 4. The van der Waals surface area contributed by atoms with Crippen LogP contribution in [0.2, 0.25) is 0 Å². The first-order valence-electron chi connectivity index (χ1n) is 12.3. The lowest BCUT2D eigenvalue weighted by molar-refractivity contribution is 0.269. The van der Waals surface area contributed by atoms with Crippen LogP contribution in [0.1, 0.15) is 36.2 Å². The van der Waals surface area contributed by atoms with Crippen LogP contribution in [0, 0.1) is 13.8 Å². The molecule has 0 saturated carbocycles. The van der Waals surface area contributed by atoms with E-state index in [0.717, 1.165) is 75.1 Å². The quantitative estimate of drug-likeness (QED) is 0.381. The van der Waals surface area contributed by atoms with Crippen molar-refractivity contribution < 1.29 is 5.11 Å². The summed E-state index contributed by atoms with van der Waals surface area (Å²) in [5.74, 6) is 0. The second-order valence-corrected chi connectivity index (χ2v) is 9.62. The highest BCUT2D eigenvalue weighted by Gasteiger charge is 2.23. The molecule has 0 amide bonds. The Morgan fingerprint density at radius 3 is 2.81 bits per heavy atom. The van der Waals surface area contributed by atoms with Gasteiger partial charge in [-0.05, 0) is 56.5 Å². The minimum Gasteiger partial charge on any atom is -0.394 e. The minimum atomic E-state index is -0.104. The Morgan fingerprint density at radius 2 is 1.97 bits per heavy atom. The van der Waals surface area contributed by atoms with Crippen LogP contribution in [0.4, 0.5) is 5.69 Å². The van der Waals surface area contributed by atoms with E-state index in [1.54, 1.807) is 10.9 Å². The van der Waals surface area contributed by atoms with Crippen molar-refractivity contribution in [3.05, 3.63) is 70.0 Å². The van der Waals surface area contributed by atoms with E-state index < -0.39 is 0 Å². The molecule has 0 fully saturated rings. The Labute approximate surface area is 208 Å². The summed E-state index contributed by atoms with van der Waals surface area (Å²) in [7, 11) is 0. The molecule has 1 aromatic carbocycles. The zero-order valence-corrected chi connectivity index (χ0v) is 20.7. The third kappa shape index (κ3) is 3.58. The van der Waals surface area contributed by atoms with E-state index in [1.165, 1.54) is 0 Å². The Morgan fingerprint density at radius 1 is 1.11 bits per heavy atom. The average molecular weight is 484 g/mol. The second kappa shape index (κ2) is 8.60. The number of aromatic nitrogens is 6. The van der Waals surface area contributed by atoms with E-state index in [4.69, 9.17) is 4.98 Å². The van der Waals surface area contributed by atoms with Crippen LogP contribution in [0.25, 0.3) is 33.1 Å². The van der Waals surface area contributed by atoms with Crippen molar-refractivity contribution in [2.75, 3.05) is 11.9 Å². The summed E-state index contributed by atoms with van der Waals surface area (Å²) in [4.78, 5) is 18.3. The first-order valence-corrected chi connectivity index (χ1v) is 12.3. The highest BCUT2D eigenvalue weighted by atomic mass is 16.3. The van der Waals surface area contributed by atoms with E-state index in [-0.39, 0.29) is 18.2 Å². The summed E-state index contributed by atoms with van der Waals surface area (Å²) in [6.07, 6.45) is 6.48. The second-order valence-electron chi connectivity index (χ2n) is 9.62. The van der Waals surface area contributed by atoms with Gasteiger partial charge in [0.2, 0.25) is 0 Å². The predicted octanol–water partition coefficient (Wildman–Crippen LogP) is 3.80. The van der Waals surface area contributed by atoms with Crippen LogP contribution in [0.3, 0.4) is 0 Å². The summed E-state index contributed by atoms with van der Waals surface area (Å²) in [5, 5.41) is 24.6. The van der Waals surface area contributed by atoms with Gasteiger partial charge in [-0.1, -0.05) is 6.07 Å². The summed E-state index contributed by atoms with van der Waals surface area (Å²) in [6, 6.07) is 8.07. The normalized spacial score (nSPS) is 14.0. The fourth-order valence-electron chi connectivity index (χ4n) is 5.37. The number of aliphatic hydroxyl groups is 1. The average Bonchev–Trinajstić information content (AvgIpc) is 3.51. The van der Waals surface area contributed by atoms with Gasteiger partial charge in [-0.25, -0.2) is 4.68 Å². The zero-order valence-electron chi connectivity index (χ0n) is 20.7. The molecule has 6 rings (SSSR count). The first kappa shape index (κ1) is 22.5. The molecule has 0 spiro atoms. The van der Waals surface area contributed by atoms with E-state index >= 15 is 0 Å². The molecule has 1 atom stereocenters. The van der Waals surface area contributed by atoms with Crippen molar-refractivity contribution in [1.29, 1.82) is 0 Å². The fourth-order valence-corrected chi connectivity index (χ4v) is 5.37. The van der Waals surface area contributed by atoms with Gasteiger partial charge in [0, 0.05) is 52.7 Å². The topological polar surface area (TPSA) is 103 Å². The largest absolute Gasteiger partial charge is 0.394 e. The maximum Gasteiger partial charge on any atom is 0.260 e. The van der Waals surface area contributed by atoms with Crippen LogP contribution < -0.4 is 10.9 Å². The van der Waals surface area contributed by atoms with Crippen molar-refractivity contribution in [3.8, 4) is 11.3 Å². The third-order valence-electron chi connectivity index (χ3n) is 6.99. The Kier molecular flexibility index (Phi) is 5.37. The van der Waals surface area contributed by atoms with Gasteiger partial charge in [-0.3, -0.25) is 19.0 Å². The molecule has 5 heterocycles. The van der Waals surface area contributed by atoms with Gasteiger partial charge in [0.25, 0.3) is 5.56 Å². The van der Waals surface area contributed by atoms with E-state index in [2.05, 4.69) is 28.5 Å². The van der Waals surface area contributed by atoms with Gasteiger partial charge < -0.3 is 10.4 Å². The monoisotopic (exact) mass is 483 g/mol. The van der Waals surface area contributed by atoms with Crippen LogP contribution in [0.5, 0.6) is 0 Å². The van der Waals surface area contributed by atoms with E-state index in [0.29, 0.717) is 6.54 Å². The molecule has 184 valence electrons. The Bertz CT molecular complexity index is 1680. The van der Waals surface area contributed by atoms with Gasteiger partial charge in [-0.2, -0.15) is 10.2 Å². The number of hydrogen-bond donors (Lipinski definition) is 2. The number of rotatable bonds is 6. The van der Waals surface area contributed by atoms with Crippen molar-refractivity contribution in [3.63, 3.8) is 0 Å². The number of pyridine rings is 2. The molecule has 0 radical (unpaired) electrons. The lowest BCUT2D eigenvalue weighted by atomic mass is 9.95. The molecule has 1 unspecified atom stereocenters. The number of aliphatic hydroxyl groups excluding tert-OH is 1. The highest BCUT2D eigenvalue weighted by molar-refractivity contribution is 6.07. The smallest absolute Gasteiger partial charge is 0.260 e. The van der Waals surface area contributed by atoms with Crippen molar-refractivity contribution >= 4 is 27.5 Å². The van der Waals surface area contributed by atoms with E-state index in [1.807, 2.05) is 53.7 Å². The van der Waals surface area contributed by atoms with Crippen molar-refractivity contribution in [2.24, 2.45) is 0 Å². The Balaban J connectivity index is 1.48. The lowest BCUT2D eigenvalue weighted by Crippen LogP contribution is -2.27. The lowest BCUT2D eigenvalue weighted by Gasteiger charge is -2.22. The molecule has 0 bridgehead atoms. The van der Waals surface area contributed by atoms with Gasteiger partial charge in [0.05, 0.1) is 36.9 Å². The van der Waals surface area contributed by atoms with Gasteiger partial charge in [0.1, 0.15) is 5.65 Å². The minimum absolute atomic E-state index is 0.0255. The number of fused-ring (bicyclic) bond motifs is 2. The number of benzene rings is 1. The van der Waals surface area contributed by atoms with Crippen LogP contribution in [-0.4, -0.2) is 40.8 Å². The van der Waals surface area contributed by atoms with Crippen LogP contribution in [0.15, 0.2) is 47.7 Å². The molecule has 9 heteroatoms. The molecule has 36 heavy (non-hydrogen) atoms. The van der Waals surface area contributed by atoms with Gasteiger partial charge in [-0.15, -0.1) is 0 Å². The molecule has 0 saturated heterocycles. The van der Waals surface area contributed by atoms with Crippen molar-refractivity contribution in [2.45, 2.75) is 52.9 Å². The molecular formula is C27H29N7O2. The maximum absolute atomic E-state index is 13.5. The molecular weight excluding hydrogens is 454 g/mol. The fraction of sp³-hybridized carbons (Fsp3) is 0.333. The van der Waals surface area contributed by atoms with Gasteiger partial charge in [0.15, 0.2) is 0 Å². The standard InChI is InChI=1S/C27H29N7O2/c1-16-11-20(24-21(12-16)27(36)33-7-4-8-34-26(33)22(24)14-29-34)18(3)31-23-6-5-17(2)30-25(23)19-13-28-32(15-19)9-10-35/h5-6,11-15,18,31,35H,4,7-10H2,1-3H3. The number of nitrogens with one attached hydrogen (secondary N) is 1. The summed E-state index contributed by atoms with van der Waals surface area (Å²) in [5.41, 5.74) is 6.53. The molecule has 5 aromatic rings. The summed E-state index contributed by atoms with van der Waals surface area (Å²) >= 11 is 0. The SMILES string of the molecule is Cc1cc(C(C)Nc2ccc(C)nc2-c2cnn(CCO)c2)c2c(c1)c(=O)n1c3c2cnn3CCC1. The Hall–Kier alpha value is -3.98. The predicted molar refractivity (Wildman–Crippen MR) is 140 cm³/mol. The van der Waals surface area contributed by atoms with Crippen LogP contribution in [-0.2, 0) is 19.6 Å². The maximum atomic E-state index is 13.5.